The van der Waals surface area contributed by atoms with E-state index in [1.807, 2.05) is 45.9 Å². The molecule has 3 rings (SSSR count). The number of hydrogen-bond acceptors (Lipinski definition) is 6. The third-order valence-electron chi connectivity index (χ3n) is 3.65. The summed E-state index contributed by atoms with van der Waals surface area (Å²) in [6.45, 7) is 7.81. The van der Waals surface area contributed by atoms with Crippen LogP contribution in [0.25, 0.3) is 11.0 Å². The predicted molar refractivity (Wildman–Crippen MR) is 96.5 cm³/mol. The van der Waals surface area contributed by atoms with Crippen molar-refractivity contribution in [1.82, 2.24) is 25.5 Å². The number of benzene rings is 1. The van der Waals surface area contributed by atoms with Crippen LogP contribution in [0, 0.1) is 6.92 Å². The lowest BCUT2D eigenvalue weighted by atomic mass is 10.2. The van der Waals surface area contributed by atoms with Crippen LogP contribution in [0.15, 0.2) is 27.8 Å². The molecule has 8 heteroatoms. The van der Waals surface area contributed by atoms with Crippen molar-refractivity contribution >= 4 is 28.7 Å². The second kappa shape index (κ2) is 7.26. The lowest BCUT2D eigenvalue weighted by molar-refractivity contribution is -0.119. The van der Waals surface area contributed by atoms with Gasteiger partial charge in [-0.1, -0.05) is 31.7 Å². The Balaban J connectivity index is 1.56. The molecule has 0 saturated heterocycles. The molecule has 7 nitrogen and oxygen atoms in total. The van der Waals surface area contributed by atoms with Crippen LogP contribution in [-0.2, 0) is 4.79 Å². The smallest absolute Gasteiger partial charge is 0.238 e. The number of rotatable bonds is 6. The third kappa shape index (κ3) is 4.19. The van der Waals surface area contributed by atoms with Crippen LogP contribution in [0.1, 0.15) is 50.1 Å². The summed E-state index contributed by atoms with van der Waals surface area (Å²) < 4.78 is 5.56. The fourth-order valence-electron chi connectivity index (χ4n) is 2.30. The molecule has 1 amide bonds. The van der Waals surface area contributed by atoms with Crippen molar-refractivity contribution in [2.45, 2.75) is 44.8 Å². The zero-order valence-electron chi connectivity index (χ0n) is 14.7. The van der Waals surface area contributed by atoms with Crippen molar-refractivity contribution in [1.29, 1.82) is 0 Å². The second-order valence-electron chi connectivity index (χ2n) is 6.27. The van der Waals surface area contributed by atoms with Gasteiger partial charge in [-0.2, -0.15) is 0 Å². The van der Waals surface area contributed by atoms with Crippen LogP contribution in [0.5, 0.6) is 0 Å². The van der Waals surface area contributed by atoms with Gasteiger partial charge in [0.2, 0.25) is 17.7 Å². The number of hydrogen-bond donors (Lipinski definition) is 2. The molecular formula is C17H21N5O2S. The molecule has 25 heavy (non-hydrogen) atoms. The van der Waals surface area contributed by atoms with Crippen LogP contribution >= 0.6 is 11.8 Å². The van der Waals surface area contributed by atoms with Crippen LogP contribution in [0.4, 0.5) is 0 Å². The Morgan fingerprint density at radius 2 is 2.04 bits per heavy atom. The summed E-state index contributed by atoms with van der Waals surface area (Å²) in [6, 6.07) is 5.69. The van der Waals surface area contributed by atoms with Gasteiger partial charge >= 0.3 is 0 Å². The minimum Gasteiger partial charge on any atom is -0.423 e. The fraction of sp³-hybridized carbons (Fsp3) is 0.412. The number of fused-ring (bicyclic) bond motifs is 1. The second-order valence-corrected chi connectivity index (χ2v) is 7.24. The molecule has 0 unspecified atom stereocenters. The Kier molecular flexibility index (Phi) is 5.08. The lowest BCUT2D eigenvalue weighted by Gasteiger charge is -2.09. The van der Waals surface area contributed by atoms with Crippen molar-refractivity contribution < 1.29 is 9.21 Å². The average molecular weight is 359 g/mol. The third-order valence-corrected chi connectivity index (χ3v) is 4.53. The summed E-state index contributed by atoms with van der Waals surface area (Å²) in [5, 5.41) is 11.6. The molecule has 1 atom stereocenters. The first-order valence-electron chi connectivity index (χ1n) is 8.14. The summed E-state index contributed by atoms with van der Waals surface area (Å²) in [4.78, 5) is 19.8. The lowest BCUT2D eigenvalue weighted by Crippen LogP contribution is -2.28. The van der Waals surface area contributed by atoms with Gasteiger partial charge in [-0.05, 0) is 31.5 Å². The quantitative estimate of drug-likeness (QED) is 0.655. The molecule has 0 radical (unpaired) electrons. The number of nitrogens with one attached hydrogen (secondary N) is 2. The van der Waals surface area contributed by atoms with Gasteiger partial charge in [-0.15, -0.1) is 10.2 Å². The largest absolute Gasteiger partial charge is 0.423 e. The van der Waals surface area contributed by atoms with Crippen LogP contribution in [0.2, 0.25) is 0 Å². The van der Waals surface area contributed by atoms with Crippen LogP contribution in [0.3, 0.4) is 0 Å². The Morgan fingerprint density at radius 1 is 1.28 bits per heavy atom. The molecule has 3 aromatic rings. The highest BCUT2D eigenvalue weighted by Gasteiger charge is 2.18. The summed E-state index contributed by atoms with van der Waals surface area (Å²) >= 11 is 1.36. The van der Waals surface area contributed by atoms with E-state index in [2.05, 4.69) is 25.5 Å². The summed E-state index contributed by atoms with van der Waals surface area (Å²) in [7, 11) is 0. The molecule has 2 heterocycles. The Bertz CT molecular complexity index is 886. The highest BCUT2D eigenvalue weighted by molar-refractivity contribution is 7.99. The number of aromatic nitrogens is 4. The number of H-pyrrole nitrogens is 1. The number of amides is 1. The number of carbonyl (C=O) groups excluding carboxylic acids is 1. The van der Waals surface area contributed by atoms with Gasteiger partial charge in [0, 0.05) is 5.92 Å². The van der Waals surface area contributed by atoms with E-state index in [4.69, 9.17) is 4.42 Å². The average Bonchev–Trinajstić information content (AvgIpc) is 3.19. The normalized spacial score (nSPS) is 12.7. The molecule has 1 aromatic carbocycles. The van der Waals surface area contributed by atoms with Crippen LogP contribution in [-0.4, -0.2) is 31.8 Å². The highest BCUT2D eigenvalue weighted by Crippen LogP contribution is 2.21. The zero-order valence-corrected chi connectivity index (χ0v) is 15.5. The molecule has 0 saturated carbocycles. The number of imidazole rings is 1. The van der Waals surface area contributed by atoms with E-state index in [-0.39, 0.29) is 23.6 Å². The van der Waals surface area contributed by atoms with E-state index in [1.54, 1.807) is 0 Å². The van der Waals surface area contributed by atoms with Gasteiger partial charge in [0.25, 0.3) is 0 Å². The minimum atomic E-state index is -0.327. The number of nitrogens with zero attached hydrogens (tertiary/aromatic N) is 3. The summed E-state index contributed by atoms with van der Waals surface area (Å²) in [5.74, 6) is 1.30. The van der Waals surface area contributed by atoms with Gasteiger partial charge < -0.3 is 14.7 Å². The topological polar surface area (TPSA) is 96.7 Å². The van der Waals surface area contributed by atoms with Gasteiger partial charge in [-0.25, -0.2) is 4.98 Å². The predicted octanol–water partition coefficient (Wildman–Crippen LogP) is 3.35. The van der Waals surface area contributed by atoms with E-state index in [9.17, 15) is 4.79 Å². The first-order chi connectivity index (χ1) is 11.9. The Hall–Kier alpha value is -2.35. The van der Waals surface area contributed by atoms with Crippen molar-refractivity contribution in [3.63, 3.8) is 0 Å². The van der Waals surface area contributed by atoms with Crippen molar-refractivity contribution in [3.05, 3.63) is 35.5 Å². The maximum atomic E-state index is 12.1. The number of aryl methyl sites for hydroxylation is 1. The Labute approximate surface area is 150 Å². The molecule has 2 N–H and O–H groups in total. The van der Waals surface area contributed by atoms with Crippen molar-refractivity contribution in [2.75, 3.05) is 5.75 Å². The van der Waals surface area contributed by atoms with E-state index in [0.29, 0.717) is 11.8 Å². The fourth-order valence-corrected chi connectivity index (χ4v) is 3.00. The van der Waals surface area contributed by atoms with Gasteiger partial charge in [0.05, 0.1) is 16.8 Å². The molecule has 0 fully saturated rings. The number of thioether (sulfide) groups is 1. The first-order valence-corrected chi connectivity index (χ1v) is 9.12. The van der Waals surface area contributed by atoms with E-state index >= 15 is 0 Å². The molecule has 0 spiro atoms. The summed E-state index contributed by atoms with van der Waals surface area (Å²) in [6.07, 6.45) is 0. The van der Waals surface area contributed by atoms with Gasteiger partial charge in [-0.3, -0.25) is 4.79 Å². The highest BCUT2D eigenvalue weighted by atomic mass is 32.2. The molecule has 0 bridgehead atoms. The monoisotopic (exact) mass is 359 g/mol. The van der Waals surface area contributed by atoms with E-state index < -0.39 is 0 Å². The number of carbonyl (C=O) groups is 1. The molecule has 0 aliphatic heterocycles. The van der Waals surface area contributed by atoms with Crippen LogP contribution < -0.4 is 5.32 Å². The van der Waals surface area contributed by atoms with Crippen molar-refractivity contribution in [3.8, 4) is 0 Å². The minimum absolute atomic E-state index is 0.113. The molecule has 0 aliphatic rings. The van der Waals surface area contributed by atoms with Gasteiger partial charge in [0.1, 0.15) is 6.04 Å². The molecule has 2 aromatic heterocycles. The van der Waals surface area contributed by atoms with E-state index in [0.717, 1.165) is 16.2 Å². The molecule has 0 aliphatic carbocycles. The number of aromatic amines is 1. The van der Waals surface area contributed by atoms with Gasteiger partial charge in [0.15, 0.2) is 5.16 Å². The molecular weight excluding hydrogens is 338 g/mol. The van der Waals surface area contributed by atoms with Crippen molar-refractivity contribution in [2.24, 2.45) is 0 Å². The maximum absolute atomic E-state index is 12.1. The standard InChI is InChI=1S/C17H21N5O2S/c1-9(2)15-21-22-16(24-15)11(4)18-14(23)8-25-17-19-12-6-5-10(3)7-13(12)20-17/h5-7,9,11H,8H2,1-4H3,(H,18,23)(H,19,20)/t11-/m1/s1. The molecule has 132 valence electrons. The van der Waals surface area contributed by atoms with E-state index in [1.165, 1.54) is 17.3 Å². The summed E-state index contributed by atoms with van der Waals surface area (Å²) in [5.41, 5.74) is 3.04. The SMILES string of the molecule is Cc1ccc2nc(SCC(=O)N[C@H](C)c3nnc(C(C)C)o3)[nH]c2c1. The zero-order chi connectivity index (χ0) is 18.0. The Morgan fingerprint density at radius 3 is 2.76 bits per heavy atom. The maximum Gasteiger partial charge on any atom is 0.238 e. The first kappa shape index (κ1) is 17.5.